The lowest BCUT2D eigenvalue weighted by molar-refractivity contribution is 0.219. The number of rotatable bonds is 9. The van der Waals surface area contributed by atoms with Gasteiger partial charge in [-0.25, -0.2) is 13.6 Å². The fourth-order valence-corrected chi connectivity index (χ4v) is 4.14. The summed E-state index contributed by atoms with van der Waals surface area (Å²) < 4.78 is 50.5. The van der Waals surface area contributed by atoms with E-state index in [1.54, 1.807) is 13.8 Å². The van der Waals surface area contributed by atoms with Crippen LogP contribution in [-0.2, 0) is 35.6 Å². The molecule has 0 amide bonds. The number of aromatic nitrogens is 1. The lowest BCUT2D eigenvalue weighted by atomic mass is 10.2. The monoisotopic (exact) mass is 352 g/mol. The molecule has 0 spiro atoms. The molecule has 0 aliphatic carbocycles. The zero-order valence-electron chi connectivity index (χ0n) is 12.8. The molecular weight excluding hydrogens is 331 g/mol. The average molecular weight is 352 g/mol. The van der Waals surface area contributed by atoms with E-state index in [9.17, 15) is 13.0 Å². The van der Waals surface area contributed by atoms with Gasteiger partial charge >= 0.3 is 7.60 Å². The van der Waals surface area contributed by atoms with Crippen LogP contribution >= 0.6 is 7.60 Å². The van der Waals surface area contributed by atoms with Gasteiger partial charge in [0.25, 0.3) is 0 Å². The summed E-state index contributed by atoms with van der Waals surface area (Å²) in [6.45, 7) is 3.88. The van der Waals surface area contributed by atoms with Gasteiger partial charge in [0.05, 0.1) is 38.4 Å². The number of sulfonamides is 1. The van der Waals surface area contributed by atoms with Crippen molar-refractivity contribution in [2.45, 2.75) is 25.8 Å². The standard InChI is InChI=1S/C12H21N2O6PS/c1-4-19-21(15,20-5-2)8-10-6-11(9-22(13,16)17)14-7-12(10)18-3/h6-7H,4-5,8-9H2,1-3H3,(H2,13,16,17). The molecule has 0 saturated heterocycles. The molecule has 0 unspecified atom stereocenters. The third kappa shape index (κ3) is 6.02. The normalized spacial score (nSPS) is 12.4. The Hall–Kier alpha value is -0.990. The average Bonchev–Trinajstić information content (AvgIpc) is 2.37. The first kappa shape index (κ1) is 19.1. The number of hydrogen-bond acceptors (Lipinski definition) is 7. The van der Waals surface area contributed by atoms with Gasteiger partial charge in [-0.15, -0.1) is 0 Å². The Balaban J connectivity index is 3.14. The molecule has 0 fully saturated rings. The predicted octanol–water partition coefficient (Wildman–Crippen LogP) is 1.64. The molecule has 0 aromatic carbocycles. The van der Waals surface area contributed by atoms with Gasteiger partial charge in [0.2, 0.25) is 10.0 Å². The lowest BCUT2D eigenvalue weighted by Crippen LogP contribution is -2.15. The first-order valence-electron chi connectivity index (χ1n) is 6.63. The smallest absolute Gasteiger partial charge is 0.335 e. The van der Waals surface area contributed by atoms with Crippen molar-refractivity contribution in [1.29, 1.82) is 0 Å². The Morgan fingerprint density at radius 3 is 2.32 bits per heavy atom. The van der Waals surface area contributed by atoms with Gasteiger partial charge in [-0.3, -0.25) is 9.55 Å². The van der Waals surface area contributed by atoms with Crippen LogP contribution in [0.3, 0.4) is 0 Å². The second-order valence-electron chi connectivity index (χ2n) is 4.40. The van der Waals surface area contributed by atoms with Crippen molar-refractivity contribution in [2.75, 3.05) is 20.3 Å². The van der Waals surface area contributed by atoms with E-state index >= 15 is 0 Å². The molecule has 0 aliphatic rings. The van der Waals surface area contributed by atoms with Gasteiger partial charge < -0.3 is 13.8 Å². The highest BCUT2D eigenvalue weighted by atomic mass is 32.2. The van der Waals surface area contributed by atoms with Gasteiger partial charge in [0.15, 0.2) is 0 Å². The molecule has 1 rings (SSSR count). The zero-order chi connectivity index (χ0) is 16.8. The minimum atomic E-state index is -3.71. The summed E-state index contributed by atoms with van der Waals surface area (Å²) in [6.07, 6.45) is 1.32. The van der Waals surface area contributed by atoms with E-state index in [1.807, 2.05) is 0 Å². The van der Waals surface area contributed by atoms with Crippen LogP contribution in [0, 0.1) is 0 Å². The van der Waals surface area contributed by atoms with Crippen molar-refractivity contribution in [3.05, 3.63) is 23.5 Å². The van der Waals surface area contributed by atoms with Crippen LogP contribution in [0.5, 0.6) is 5.75 Å². The van der Waals surface area contributed by atoms with Crippen molar-refractivity contribution in [3.63, 3.8) is 0 Å². The highest BCUT2D eigenvalue weighted by Crippen LogP contribution is 2.52. The summed E-state index contributed by atoms with van der Waals surface area (Å²) in [7, 11) is -5.62. The summed E-state index contributed by atoms with van der Waals surface area (Å²) in [5.74, 6) is -0.0461. The molecule has 8 nitrogen and oxygen atoms in total. The maximum atomic E-state index is 12.6. The highest BCUT2D eigenvalue weighted by Gasteiger charge is 2.26. The third-order valence-corrected chi connectivity index (χ3v) is 5.32. The first-order valence-corrected chi connectivity index (χ1v) is 10.1. The molecule has 2 N–H and O–H groups in total. The Bertz CT molecular complexity index is 639. The van der Waals surface area contributed by atoms with E-state index in [2.05, 4.69) is 4.98 Å². The Morgan fingerprint density at radius 2 is 1.86 bits per heavy atom. The Morgan fingerprint density at radius 1 is 1.27 bits per heavy atom. The van der Waals surface area contributed by atoms with Crippen LogP contribution in [0.15, 0.2) is 12.3 Å². The van der Waals surface area contributed by atoms with E-state index in [1.165, 1.54) is 19.4 Å². The maximum Gasteiger partial charge on any atom is 0.335 e. The Kier molecular flexibility index (Phi) is 6.96. The summed E-state index contributed by atoms with van der Waals surface area (Å²) in [5, 5.41) is 5.01. The van der Waals surface area contributed by atoms with Crippen molar-refractivity contribution in [2.24, 2.45) is 5.14 Å². The van der Waals surface area contributed by atoms with Gasteiger partial charge in [-0.1, -0.05) is 0 Å². The molecule has 1 heterocycles. The van der Waals surface area contributed by atoms with Gasteiger partial charge in [0, 0.05) is 5.56 Å². The van der Waals surface area contributed by atoms with Crippen LogP contribution in [0.25, 0.3) is 0 Å². The summed E-state index contributed by atoms with van der Waals surface area (Å²) in [4.78, 5) is 3.96. The number of ether oxygens (including phenoxy) is 1. The number of pyridine rings is 1. The van der Waals surface area contributed by atoms with E-state index < -0.39 is 23.4 Å². The fourth-order valence-electron chi connectivity index (χ4n) is 1.86. The topological polar surface area (TPSA) is 118 Å². The second-order valence-corrected chi connectivity index (χ2v) is 8.07. The molecule has 126 valence electrons. The summed E-state index contributed by atoms with van der Waals surface area (Å²) in [6, 6.07) is 1.48. The third-order valence-electron chi connectivity index (χ3n) is 2.59. The minimum Gasteiger partial charge on any atom is -0.495 e. The van der Waals surface area contributed by atoms with Crippen LogP contribution in [0.2, 0.25) is 0 Å². The fraction of sp³-hybridized carbons (Fsp3) is 0.583. The molecule has 0 aliphatic heterocycles. The largest absolute Gasteiger partial charge is 0.495 e. The van der Waals surface area contributed by atoms with Crippen molar-refractivity contribution < 1.29 is 26.8 Å². The molecule has 0 radical (unpaired) electrons. The van der Waals surface area contributed by atoms with Crippen LogP contribution < -0.4 is 9.88 Å². The van der Waals surface area contributed by atoms with E-state index in [4.69, 9.17) is 18.9 Å². The minimum absolute atomic E-state index is 0.0437. The van der Waals surface area contributed by atoms with Crippen LogP contribution in [0.1, 0.15) is 25.1 Å². The van der Waals surface area contributed by atoms with Crippen LogP contribution in [0.4, 0.5) is 0 Å². The van der Waals surface area contributed by atoms with E-state index in [0.717, 1.165) is 0 Å². The number of methoxy groups -OCH3 is 1. The zero-order valence-corrected chi connectivity index (χ0v) is 14.5. The second kappa shape index (κ2) is 8.03. The summed E-state index contributed by atoms with van der Waals surface area (Å²) >= 11 is 0. The van der Waals surface area contributed by atoms with Crippen molar-refractivity contribution in [3.8, 4) is 5.75 Å². The number of hydrogen-bond donors (Lipinski definition) is 1. The molecular formula is C12H21N2O6PS. The SMILES string of the molecule is CCOP(=O)(Cc1cc(CS(N)(=O)=O)ncc1OC)OCC. The number of primary sulfonamides is 1. The van der Waals surface area contributed by atoms with Crippen molar-refractivity contribution in [1.82, 2.24) is 4.98 Å². The predicted molar refractivity (Wildman–Crippen MR) is 82.2 cm³/mol. The molecule has 0 bridgehead atoms. The molecule has 1 aromatic heterocycles. The van der Waals surface area contributed by atoms with Crippen molar-refractivity contribution >= 4 is 17.6 Å². The summed E-state index contributed by atoms with van der Waals surface area (Å²) in [5.41, 5.74) is 0.722. The lowest BCUT2D eigenvalue weighted by Gasteiger charge is -2.18. The molecule has 0 saturated carbocycles. The van der Waals surface area contributed by atoms with Gasteiger partial charge in [0.1, 0.15) is 11.5 Å². The van der Waals surface area contributed by atoms with Gasteiger partial charge in [-0.2, -0.15) is 0 Å². The molecule has 1 aromatic rings. The first-order chi connectivity index (χ1) is 10.2. The van der Waals surface area contributed by atoms with E-state index in [0.29, 0.717) is 11.3 Å². The molecule has 0 atom stereocenters. The highest BCUT2D eigenvalue weighted by molar-refractivity contribution is 7.88. The maximum absolute atomic E-state index is 12.6. The quantitative estimate of drug-likeness (QED) is 0.671. The van der Waals surface area contributed by atoms with Crippen LogP contribution in [-0.4, -0.2) is 33.7 Å². The number of nitrogens with zero attached hydrogens (tertiary/aromatic N) is 1. The Labute approximate surface area is 130 Å². The molecule has 10 heteroatoms. The van der Waals surface area contributed by atoms with Gasteiger partial charge in [-0.05, 0) is 19.9 Å². The van der Waals surface area contributed by atoms with E-state index in [-0.39, 0.29) is 25.1 Å². The molecule has 22 heavy (non-hydrogen) atoms. The number of nitrogens with two attached hydrogens (primary N) is 1.